The second-order valence-electron chi connectivity index (χ2n) is 5.41. The third-order valence-electron chi connectivity index (χ3n) is 3.95. The molecule has 1 fully saturated rings. The van der Waals surface area contributed by atoms with E-state index >= 15 is 0 Å². The van der Waals surface area contributed by atoms with E-state index in [4.69, 9.17) is 19.7 Å². The van der Waals surface area contributed by atoms with Crippen LogP contribution in [0.4, 0.5) is 0 Å². The summed E-state index contributed by atoms with van der Waals surface area (Å²) in [5.74, 6) is 2.57. The smallest absolute Gasteiger partial charge is 0.250 e. The first kappa shape index (κ1) is 12.4. The van der Waals surface area contributed by atoms with Crippen LogP contribution < -0.4 is 15.2 Å². The summed E-state index contributed by atoms with van der Waals surface area (Å²) in [6.45, 7) is 0.272. The maximum atomic E-state index is 6.17. The molecule has 6 nitrogen and oxygen atoms in total. The van der Waals surface area contributed by atoms with E-state index in [0.717, 1.165) is 36.3 Å². The third kappa shape index (κ3) is 2.17. The molecule has 0 amide bonds. The van der Waals surface area contributed by atoms with Gasteiger partial charge in [-0.05, 0) is 43.0 Å². The normalized spacial score (nSPS) is 18.9. The highest BCUT2D eigenvalue weighted by Gasteiger charge is 2.38. The van der Waals surface area contributed by atoms with Gasteiger partial charge in [-0.25, -0.2) is 0 Å². The zero-order valence-electron chi connectivity index (χ0n) is 11.4. The SMILES string of the molecule is NC1(c2noc(/C=C/c3ccc4c(c3)OCO4)n2)CCC1. The van der Waals surface area contributed by atoms with E-state index in [1.807, 2.05) is 24.3 Å². The minimum absolute atomic E-state index is 0.272. The molecule has 0 unspecified atom stereocenters. The first-order valence-corrected chi connectivity index (χ1v) is 6.94. The molecule has 2 N–H and O–H groups in total. The van der Waals surface area contributed by atoms with Crippen molar-refractivity contribution < 1.29 is 14.0 Å². The largest absolute Gasteiger partial charge is 0.454 e. The molecule has 0 saturated heterocycles. The summed E-state index contributed by atoms with van der Waals surface area (Å²) in [4.78, 5) is 4.35. The fourth-order valence-corrected chi connectivity index (χ4v) is 2.47. The van der Waals surface area contributed by atoms with E-state index in [0.29, 0.717) is 11.7 Å². The first-order chi connectivity index (χ1) is 10.2. The van der Waals surface area contributed by atoms with Crippen molar-refractivity contribution >= 4 is 12.2 Å². The Bertz CT molecular complexity index is 704. The van der Waals surface area contributed by atoms with Gasteiger partial charge >= 0.3 is 0 Å². The Hall–Kier alpha value is -2.34. The summed E-state index contributed by atoms with van der Waals surface area (Å²) >= 11 is 0. The van der Waals surface area contributed by atoms with Gasteiger partial charge in [0, 0.05) is 6.08 Å². The van der Waals surface area contributed by atoms with Gasteiger partial charge in [0.05, 0.1) is 5.54 Å². The zero-order chi connectivity index (χ0) is 14.3. The molecule has 2 aromatic rings. The lowest BCUT2D eigenvalue weighted by atomic mass is 9.77. The number of nitrogens with zero attached hydrogens (tertiary/aromatic N) is 2. The molecule has 1 aliphatic heterocycles. The number of ether oxygens (including phenoxy) is 2. The van der Waals surface area contributed by atoms with Gasteiger partial charge in [0.25, 0.3) is 5.89 Å². The molecule has 4 rings (SSSR count). The lowest BCUT2D eigenvalue weighted by Crippen LogP contribution is -2.44. The highest BCUT2D eigenvalue weighted by Crippen LogP contribution is 2.37. The van der Waals surface area contributed by atoms with Crippen molar-refractivity contribution in [1.29, 1.82) is 0 Å². The van der Waals surface area contributed by atoms with Gasteiger partial charge in [-0.3, -0.25) is 0 Å². The van der Waals surface area contributed by atoms with Crippen LogP contribution in [0.2, 0.25) is 0 Å². The van der Waals surface area contributed by atoms with Gasteiger partial charge in [0.1, 0.15) is 0 Å². The van der Waals surface area contributed by atoms with E-state index < -0.39 is 5.54 Å². The van der Waals surface area contributed by atoms with Crippen molar-refractivity contribution in [3.05, 3.63) is 35.5 Å². The van der Waals surface area contributed by atoms with E-state index in [1.165, 1.54) is 0 Å². The van der Waals surface area contributed by atoms with E-state index in [1.54, 1.807) is 6.08 Å². The molecule has 0 bridgehead atoms. The number of hydrogen-bond donors (Lipinski definition) is 1. The van der Waals surface area contributed by atoms with Gasteiger partial charge in [-0.1, -0.05) is 11.2 Å². The van der Waals surface area contributed by atoms with Gasteiger partial charge in [0.2, 0.25) is 6.79 Å². The van der Waals surface area contributed by atoms with Crippen LogP contribution in [-0.2, 0) is 5.54 Å². The van der Waals surface area contributed by atoms with Crippen molar-refractivity contribution in [2.24, 2.45) is 5.73 Å². The van der Waals surface area contributed by atoms with Crippen molar-refractivity contribution in [3.8, 4) is 11.5 Å². The minimum Gasteiger partial charge on any atom is -0.454 e. The average molecular weight is 285 g/mol. The zero-order valence-corrected chi connectivity index (χ0v) is 11.4. The Labute approximate surface area is 121 Å². The van der Waals surface area contributed by atoms with Crippen LogP contribution in [0.25, 0.3) is 12.2 Å². The molecule has 1 aromatic heterocycles. The molecule has 1 aliphatic carbocycles. The molecule has 21 heavy (non-hydrogen) atoms. The quantitative estimate of drug-likeness (QED) is 0.931. The predicted molar refractivity (Wildman–Crippen MR) is 75.5 cm³/mol. The Balaban J connectivity index is 1.53. The third-order valence-corrected chi connectivity index (χ3v) is 3.95. The Kier molecular flexibility index (Phi) is 2.71. The Morgan fingerprint density at radius 1 is 1.14 bits per heavy atom. The average Bonchev–Trinajstić information content (AvgIpc) is 3.11. The van der Waals surface area contributed by atoms with Gasteiger partial charge in [-0.2, -0.15) is 4.98 Å². The van der Waals surface area contributed by atoms with E-state index in [2.05, 4.69) is 10.1 Å². The molecule has 2 aliphatic rings. The highest BCUT2D eigenvalue weighted by atomic mass is 16.7. The second-order valence-corrected chi connectivity index (χ2v) is 5.41. The van der Waals surface area contributed by atoms with Gasteiger partial charge < -0.3 is 19.7 Å². The maximum Gasteiger partial charge on any atom is 0.250 e. The summed E-state index contributed by atoms with van der Waals surface area (Å²) in [5.41, 5.74) is 6.75. The van der Waals surface area contributed by atoms with Crippen molar-refractivity contribution in [2.75, 3.05) is 6.79 Å². The lowest BCUT2D eigenvalue weighted by Gasteiger charge is -2.34. The van der Waals surface area contributed by atoms with E-state index in [-0.39, 0.29) is 6.79 Å². The summed E-state index contributed by atoms with van der Waals surface area (Å²) in [6.07, 6.45) is 6.61. The second kappa shape index (κ2) is 4.60. The summed E-state index contributed by atoms with van der Waals surface area (Å²) < 4.78 is 15.8. The maximum absolute atomic E-state index is 6.17. The number of nitrogens with two attached hydrogens (primary N) is 1. The highest BCUT2D eigenvalue weighted by molar-refractivity contribution is 5.68. The van der Waals surface area contributed by atoms with Crippen LogP contribution in [0.5, 0.6) is 11.5 Å². The summed E-state index contributed by atoms with van der Waals surface area (Å²) in [7, 11) is 0. The van der Waals surface area contributed by atoms with Crippen molar-refractivity contribution in [2.45, 2.75) is 24.8 Å². The van der Waals surface area contributed by atoms with Crippen LogP contribution in [0.15, 0.2) is 22.7 Å². The molecule has 0 atom stereocenters. The number of aromatic nitrogens is 2. The topological polar surface area (TPSA) is 83.4 Å². The van der Waals surface area contributed by atoms with Crippen LogP contribution >= 0.6 is 0 Å². The fraction of sp³-hybridized carbons (Fsp3) is 0.333. The monoisotopic (exact) mass is 285 g/mol. The molecule has 108 valence electrons. The molecule has 6 heteroatoms. The van der Waals surface area contributed by atoms with Crippen molar-refractivity contribution in [1.82, 2.24) is 10.1 Å². The molecular formula is C15H15N3O3. The molecule has 1 saturated carbocycles. The summed E-state index contributed by atoms with van der Waals surface area (Å²) in [6, 6.07) is 5.73. The van der Waals surface area contributed by atoms with Gasteiger partial charge in [0.15, 0.2) is 17.3 Å². The molecule has 1 aromatic carbocycles. The van der Waals surface area contributed by atoms with Crippen LogP contribution in [0.1, 0.15) is 36.5 Å². The van der Waals surface area contributed by atoms with Crippen molar-refractivity contribution in [3.63, 3.8) is 0 Å². The summed E-state index contributed by atoms with van der Waals surface area (Å²) in [5, 5.41) is 3.97. The van der Waals surface area contributed by atoms with Crippen LogP contribution in [0.3, 0.4) is 0 Å². The number of fused-ring (bicyclic) bond motifs is 1. The number of benzene rings is 1. The Morgan fingerprint density at radius 2 is 2.00 bits per heavy atom. The van der Waals surface area contributed by atoms with Crippen LogP contribution in [0, 0.1) is 0 Å². The molecular weight excluding hydrogens is 270 g/mol. The predicted octanol–water partition coefficient (Wildman–Crippen LogP) is 2.31. The minimum atomic E-state index is -0.395. The molecule has 2 heterocycles. The molecule has 0 spiro atoms. The van der Waals surface area contributed by atoms with E-state index in [9.17, 15) is 0 Å². The molecule has 0 radical (unpaired) electrons. The lowest BCUT2D eigenvalue weighted by molar-refractivity contribution is 0.174. The Morgan fingerprint density at radius 3 is 2.81 bits per heavy atom. The van der Waals surface area contributed by atoms with Gasteiger partial charge in [-0.15, -0.1) is 0 Å². The number of hydrogen-bond acceptors (Lipinski definition) is 6. The number of rotatable bonds is 3. The first-order valence-electron chi connectivity index (χ1n) is 6.94. The standard InChI is InChI=1S/C15H15N3O3/c16-15(6-1-7-15)14-17-13(21-18-14)5-3-10-2-4-11-12(8-10)20-9-19-11/h2-5,8H,1,6-7,9,16H2/b5-3+. The van der Waals surface area contributed by atoms with Crippen LogP contribution in [-0.4, -0.2) is 16.9 Å². The fourth-order valence-electron chi connectivity index (χ4n) is 2.47.